The summed E-state index contributed by atoms with van der Waals surface area (Å²) < 4.78 is 8.21. The molecule has 0 aliphatic rings. The Morgan fingerprint density at radius 2 is 1.50 bits per heavy atom. The van der Waals surface area contributed by atoms with E-state index in [4.69, 9.17) is 5.10 Å². The summed E-state index contributed by atoms with van der Waals surface area (Å²) in [5.74, 6) is 0. The molecule has 1 N–H and O–H groups in total. The van der Waals surface area contributed by atoms with Gasteiger partial charge in [0.2, 0.25) is 0 Å². The summed E-state index contributed by atoms with van der Waals surface area (Å²) in [5.41, 5.74) is 1.09. The van der Waals surface area contributed by atoms with Crippen LogP contribution >= 0.6 is 0 Å². The van der Waals surface area contributed by atoms with Gasteiger partial charge in [-0.05, 0) is 0 Å². The zero-order chi connectivity index (χ0) is 16.4. The minimum atomic E-state index is -2.36. The van der Waals surface area contributed by atoms with Gasteiger partial charge in [0.15, 0.2) is 0 Å². The maximum atomic E-state index is 9.21. The molecule has 0 bridgehead atoms. The maximum absolute atomic E-state index is 9.21. The van der Waals surface area contributed by atoms with Crippen molar-refractivity contribution in [1.29, 1.82) is 0 Å². The molecule has 0 atom stereocenters. The van der Waals surface area contributed by atoms with Crippen molar-refractivity contribution in [3.8, 4) is 0 Å². The number of aromatic nitrogens is 2. The molecular formula is C18H36N2OSn. The summed E-state index contributed by atoms with van der Waals surface area (Å²) in [6.07, 6.45) is 8.75. The molecule has 0 aliphatic heterocycles. The Bertz CT molecular complexity index is 395. The minimum absolute atomic E-state index is 0.206. The van der Waals surface area contributed by atoms with Crippen LogP contribution in [-0.4, -0.2) is 39.9 Å². The van der Waals surface area contributed by atoms with Gasteiger partial charge in [-0.1, -0.05) is 0 Å². The molecule has 1 rings (SSSR count). The predicted octanol–water partition coefficient (Wildman–Crippen LogP) is 4.01. The molecule has 1 aromatic rings. The molecule has 0 unspecified atom stereocenters. The second kappa shape index (κ2) is 10.7. The van der Waals surface area contributed by atoms with Crippen LogP contribution in [0.25, 0.3) is 0 Å². The fourth-order valence-electron chi connectivity index (χ4n) is 3.56. The van der Waals surface area contributed by atoms with Gasteiger partial charge in [0.05, 0.1) is 0 Å². The van der Waals surface area contributed by atoms with E-state index in [1.165, 1.54) is 51.8 Å². The number of hydrogen-bond acceptors (Lipinski definition) is 2. The molecule has 1 aromatic heterocycles. The van der Waals surface area contributed by atoms with Crippen LogP contribution in [0.15, 0.2) is 6.07 Å². The monoisotopic (exact) mass is 416 g/mol. The average molecular weight is 415 g/mol. The van der Waals surface area contributed by atoms with E-state index in [0.29, 0.717) is 6.42 Å². The van der Waals surface area contributed by atoms with Crippen LogP contribution in [0.2, 0.25) is 13.3 Å². The number of nitrogens with zero attached hydrogens (tertiary/aromatic N) is 2. The first-order valence-electron chi connectivity index (χ1n) is 9.27. The van der Waals surface area contributed by atoms with Gasteiger partial charge >= 0.3 is 141 Å². The third-order valence-electron chi connectivity index (χ3n) is 4.87. The van der Waals surface area contributed by atoms with Crippen LogP contribution < -0.4 is 3.71 Å². The van der Waals surface area contributed by atoms with E-state index in [1.54, 1.807) is 3.71 Å². The second-order valence-electron chi connectivity index (χ2n) is 6.71. The first-order valence-corrected chi connectivity index (χ1v) is 16.8. The van der Waals surface area contributed by atoms with Crippen LogP contribution in [0, 0.1) is 0 Å². The summed E-state index contributed by atoms with van der Waals surface area (Å²) in [6.45, 7) is 7.15. The van der Waals surface area contributed by atoms with E-state index in [2.05, 4.69) is 38.6 Å². The van der Waals surface area contributed by atoms with E-state index in [0.717, 1.165) is 5.69 Å². The first-order chi connectivity index (χ1) is 10.6. The van der Waals surface area contributed by atoms with Crippen molar-refractivity contribution in [3.63, 3.8) is 0 Å². The summed E-state index contributed by atoms with van der Waals surface area (Å²) in [5, 5.41) is 13.9. The van der Waals surface area contributed by atoms with E-state index in [1.807, 2.05) is 0 Å². The quantitative estimate of drug-likeness (QED) is 0.524. The zero-order valence-corrected chi connectivity index (χ0v) is 18.1. The van der Waals surface area contributed by atoms with Gasteiger partial charge in [0.25, 0.3) is 0 Å². The Labute approximate surface area is 141 Å². The van der Waals surface area contributed by atoms with E-state index in [-0.39, 0.29) is 6.61 Å². The number of hydrogen-bond donors (Lipinski definition) is 1. The third-order valence-corrected chi connectivity index (χ3v) is 20.5. The molecule has 0 saturated heterocycles. The summed E-state index contributed by atoms with van der Waals surface area (Å²) in [7, 11) is 2.13. The third kappa shape index (κ3) is 5.55. The van der Waals surface area contributed by atoms with E-state index in [9.17, 15) is 5.11 Å². The molecule has 0 spiro atoms. The van der Waals surface area contributed by atoms with Crippen LogP contribution in [0.3, 0.4) is 0 Å². The Kier molecular flexibility index (Phi) is 9.72. The molecule has 0 radical (unpaired) electrons. The van der Waals surface area contributed by atoms with Crippen molar-refractivity contribution in [3.05, 3.63) is 11.8 Å². The Morgan fingerprint density at radius 3 is 1.91 bits per heavy atom. The van der Waals surface area contributed by atoms with Gasteiger partial charge in [-0.15, -0.1) is 0 Å². The summed E-state index contributed by atoms with van der Waals surface area (Å²) in [4.78, 5) is 0. The molecule has 0 fully saturated rings. The number of rotatable bonds is 12. The molecule has 22 heavy (non-hydrogen) atoms. The molecule has 0 aromatic carbocycles. The van der Waals surface area contributed by atoms with Gasteiger partial charge in [-0.2, -0.15) is 0 Å². The SMILES string of the molecule is CCC[CH2][Sn]([CH2]CCC)([CH2]CCC)[c]1cc(CCO)nn1C. The van der Waals surface area contributed by atoms with Crippen molar-refractivity contribution in [1.82, 2.24) is 9.78 Å². The predicted molar refractivity (Wildman–Crippen MR) is 98.5 cm³/mol. The van der Waals surface area contributed by atoms with Crippen molar-refractivity contribution in [2.75, 3.05) is 6.61 Å². The summed E-state index contributed by atoms with van der Waals surface area (Å²) in [6, 6.07) is 2.35. The molecule has 0 amide bonds. The van der Waals surface area contributed by atoms with Gasteiger partial charge in [0.1, 0.15) is 0 Å². The van der Waals surface area contributed by atoms with Crippen LogP contribution in [0.1, 0.15) is 65.0 Å². The molecule has 0 aliphatic carbocycles. The van der Waals surface area contributed by atoms with Crippen LogP contribution in [0.5, 0.6) is 0 Å². The normalized spacial score (nSPS) is 12.0. The average Bonchev–Trinajstić information content (AvgIpc) is 2.89. The van der Waals surface area contributed by atoms with Gasteiger partial charge in [-0.25, -0.2) is 0 Å². The van der Waals surface area contributed by atoms with Crippen LogP contribution in [-0.2, 0) is 13.5 Å². The first kappa shape index (κ1) is 20.0. The van der Waals surface area contributed by atoms with Crippen LogP contribution in [0.4, 0.5) is 0 Å². The Morgan fingerprint density at radius 1 is 1.00 bits per heavy atom. The molecule has 3 nitrogen and oxygen atoms in total. The fourth-order valence-corrected chi connectivity index (χ4v) is 20.2. The van der Waals surface area contributed by atoms with Crippen molar-refractivity contribution in [2.45, 2.75) is 79.0 Å². The van der Waals surface area contributed by atoms with Gasteiger partial charge in [0, 0.05) is 0 Å². The topological polar surface area (TPSA) is 38.1 Å². The number of aliphatic hydroxyl groups is 1. The number of aryl methyl sites for hydroxylation is 1. The molecule has 1 heterocycles. The summed E-state index contributed by atoms with van der Waals surface area (Å²) >= 11 is -2.36. The standard InChI is InChI=1S/C6H9N2O.3C4H9.Sn/c1-8-4-2-6(7-8)3-5-9;3*1-3-4-2;/h2,9H,3,5H2,1H3;3*1,3-4H2,2H3;. The Hall–Kier alpha value is -0.0313. The van der Waals surface area contributed by atoms with Crippen molar-refractivity contribution in [2.24, 2.45) is 7.05 Å². The van der Waals surface area contributed by atoms with Crippen molar-refractivity contribution < 1.29 is 5.11 Å². The van der Waals surface area contributed by atoms with Gasteiger partial charge < -0.3 is 0 Å². The fraction of sp³-hybridized carbons (Fsp3) is 0.833. The molecule has 4 heteroatoms. The number of aliphatic hydroxyl groups excluding tert-OH is 1. The van der Waals surface area contributed by atoms with E-state index >= 15 is 0 Å². The van der Waals surface area contributed by atoms with Gasteiger partial charge in [-0.3, -0.25) is 0 Å². The Balaban J connectivity index is 3.12. The molecule has 0 saturated carbocycles. The number of unbranched alkanes of at least 4 members (excludes halogenated alkanes) is 3. The van der Waals surface area contributed by atoms with Crippen molar-refractivity contribution >= 4 is 22.1 Å². The van der Waals surface area contributed by atoms with E-state index < -0.39 is 18.4 Å². The molecule has 128 valence electrons. The second-order valence-corrected chi connectivity index (χ2v) is 19.8. The zero-order valence-electron chi connectivity index (χ0n) is 15.2. The molecular weight excluding hydrogens is 379 g/mol.